The summed E-state index contributed by atoms with van der Waals surface area (Å²) >= 11 is 0. The molecule has 1 atom stereocenters. The van der Waals surface area contributed by atoms with E-state index >= 15 is 0 Å². The van der Waals surface area contributed by atoms with Crippen LogP contribution in [0.2, 0.25) is 0 Å². The maximum Gasteiger partial charge on any atom is 0.264 e. The fourth-order valence-corrected chi connectivity index (χ4v) is 2.20. The summed E-state index contributed by atoms with van der Waals surface area (Å²) in [5, 5.41) is 2.85. The Kier molecular flexibility index (Phi) is 4.14. The summed E-state index contributed by atoms with van der Waals surface area (Å²) in [7, 11) is 1.62. The van der Waals surface area contributed by atoms with Gasteiger partial charge in [-0.05, 0) is 29.8 Å². The molecule has 1 heterocycles. The minimum atomic E-state index is -0.631. The van der Waals surface area contributed by atoms with Gasteiger partial charge in [0.1, 0.15) is 12.4 Å². The van der Waals surface area contributed by atoms with E-state index in [0.717, 1.165) is 11.3 Å². The number of carbonyl (C=O) groups excluding carboxylic acids is 1. The highest BCUT2D eigenvalue weighted by Gasteiger charge is 2.26. The lowest BCUT2D eigenvalue weighted by atomic mass is 10.2. The van der Waals surface area contributed by atoms with Gasteiger partial charge in [0.05, 0.1) is 7.11 Å². The van der Waals surface area contributed by atoms with E-state index in [1.165, 1.54) is 0 Å². The Labute approximate surface area is 128 Å². The number of fused-ring (bicyclic) bond motifs is 1. The molecule has 0 saturated heterocycles. The molecule has 0 spiro atoms. The van der Waals surface area contributed by atoms with Crippen molar-refractivity contribution < 1.29 is 19.0 Å². The van der Waals surface area contributed by atoms with Gasteiger partial charge < -0.3 is 19.5 Å². The molecule has 0 aromatic heterocycles. The fourth-order valence-electron chi connectivity index (χ4n) is 2.20. The standard InChI is InChI=1S/C17H17NO4/c1-20-13-8-6-12(7-9-13)10-18-17(19)16-11-21-14-4-2-3-5-15(14)22-16/h2-9,16H,10-11H2,1H3,(H,18,19)/t16-/m1/s1. The highest BCUT2D eigenvalue weighted by atomic mass is 16.6. The molecule has 0 bridgehead atoms. The topological polar surface area (TPSA) is 56.8 Å². The quantitative estimate of drug-likeness (QED) is 0.940. The maximum absolute atomic E-state index is 12.2. The van der Waals surface area contributed by atoms with Gasteiger partial charge in [0.2, 0.25) is 6.10 Å². The Hall–Kier alpha value is -2.69. The van der Waals surface area contributed by atoms with Crippen LogP contribution in [0.25, 0.3) is 0 Å². The van der Waals surface area contributed by atoms with E-state index in [0.29, 0.717) is 18.0 Å². The van der Waals surface area contributed by atoms with E-state index < -0.39 is 6.10 Å². The molecule has 1 aliphatic heterocycles. The van der Waals surface area contributed by atoms with Gasteiger partial charge in [-0.2, -0.15) is 0 Å². The van der Waals surface area contributed by atoms with Crippen molar-refractivity contribution in [3.05, 3.63) is 54.1 Å². The molecule has 5 nitrogen and oxygen atoms in total. The van der Waals surface area contributed by atoms with Crippen LogP contribution in [0.4, 0.5) is 0 Å². The summed E-state index contributed by atoms with van der Waals surface area (Å²) < 4.78 is 16.3. The summed E-state index contributed by atoms with van der Waals surface area (Å²) in [6, 6.07) is 14.9. The maximum atomic E-state index is 12.2. The van der Waals surface area contributed by atoms with Crippen LogP contribution in [0.3, 0.4) is 0 Å². The molecule has 0 fully saturated rings. The Balaban J connectivity index is 1.56. The van der Waals surface area contributed by atoms with Crippen LogP contribution in [0.15, 0.2) is 48.5 Å². The first-order chi connectivity index (χ1) is 10.8. The van der Waals surface area contributed by atoms with Crippen molar-refractivity contribution in [2.75, 3.05) is 13.7 Å². The fraction of sp³-hybridized carbons (Fsp3) is 0.235. The number of nitrogens with one attached hydrogen (secondary N) is 1. The van der Waals surface area contributed by atoms with Crippen molar-refractivity contribution >= 4 is 5.91 Å². The van der Waals surface area contributed by atoms with Crippen molar-refractivity contribution in [2.45, 2.75) is 12.6 Å². The minimum absolute atomic E-state index is 0.190. The monoisotopic (exact) mass is 299 g/mol. The molecule has 0 saturated carbocycles. The second kappa shape index (κ2) is 6.39. The summed E-state index contributed by atoms with van der Waals surface area (Å²) in [6.07, 6.45) is -0.631. The smallest absolute Gasteiger partial charge is 0.264 e. The van der Waals surface area contributed by atoms with Crippen molar-refractivity contribution in [1.29, 1.82) is 0 Å². The van der Waals surface area contributed by atoms with Crippen LogP contribution in [-0.2, 0) is 11.3 Å². The average Bonchev–Trinajstić information content (AvgIpc) is 2.59. The lowest BCUT2D eigenvalue weighted by Crippen LogP contribution is -2.43. The number of ether oxygens (including phenoxy) is 3. The number of rotatable bonds is 4. The van der Waals surface area contributed by atoms with Gasteiger partial charge in [-0.1, -0.05) is 24.3 Å². The van der Waals surface area contributed by atoms with Gasteiger partial charge in [0.15, 0.2) is 11.5 Å². The van der Waals surface area contributed by atoms with Gasteiger partial charge >= 0.3 is 0 Å². The molecule has 2 aromatic rings. The van der Waals surface area contributed by atoms with E-state index in [2.05, 4.69) is 5.32 Å². The molecule has 5 heteroatoms. The van der Waals surface area contributed by atoms with E-state index in [9.17, 15) is 4.79 Å². The highest BCUT2D eigenvalue weighted by molar-refractivity contribution is 5.81. The number of hydrogen-bond acceptors (Lipinski definition) is 4. The molecular formula is C17H17NO4. The Morgan fingerprint density at radius 2 is 1.91 bits per heavy atom. The zero-order valence-corrected chi connectivity index (χ0v) is 12.2. The largest absolute Gasteiger partial charge is 0.497 e. The van der Waals surface area contributed by atoms with Gasteiger partial charge in [-0.15, -0.1) is 0 Å². The first kappa shape index (κ1) is 14.3. The SMILES string of the molecule is COc1ccc(CNC(=O)[C@H]2COc3ccccc3O2)cc1. The average molecular weight is 299 g/mol. The molecule has 1 N–H and O–H groups in total. The molecule has 1 aliphatic rings. The van der Waals surface area contributed by atoms with Crippen molar-refractivity contribution in [1.82, 2.24) is 5.32 Å². The third-order valence-corrected chi connectivity index (χ3v) is 3.43. The molecule has 114 valence electrons. The molecule has 0 unspecified atom stereocenters. The molecular weight excluding hydrogens is 282 g/mol. The number of benzene rings is 2. The normalized spacial score (nSPS) is 16.0. The molecule has 22 heavy (non-hydrogen) atoms. The molecule has 2 aromatic carbocycles. The number of hydrogen-bond donors (Lipinski definition) is 1. The summed E-state index contributed by atoms with van der Waals surface area (Å²) in [5.74, 6) is 1.86. The molecule has 0 radical (unpaired) electrons. The van der Waals surface area contributed by atoms with Crippen LogP contribution >= 0.6 is 0 Å². The number of methoxy groups -OCH3 is 1. The Morgan fingerprint density at radius 3 is 2.64 bits per heavy atom. The van der Waals surface area contributed by atoms with Crippen molar-refractivity contribution in [3.8, 4) is 17.2 Å². The second-order valence-electron chi connectivity index (χ2n) is 4.93. The van der Waals surface area contributed by atoms with Gasteiger partial charge in [0, 0.05) is 6.54 Å². The van der Waals surface area contributed by atoms with E-state index in [1.807, 2.05) is 42.5 Å². The number of carbonyl (C=O) groups is 1. The van der Waals surface area contributed by atoms with Gasteiger partial charge in [0.25, 0.3) is 5.91 Å². The van der Waals surface area contributed by atoms with Crippen LogP contribution < -0.4 is 19.5 Å². The number of para-hydroxylation sites is 2. The first-order valence-electron chi connectivity index (χ1n) is 7.05. The van der Waals surface area contributed by atoms with Crippen LogP contribution in [0, 0.1) is 0 Å². The van der Waals surface area contributed by atoms with Gasteiger partial charge in [-0.3, -0.25) is 4.79 Å². The molecule has 0 aliphatic carbocycles. The van der Waals surface area contributed by atoms with E-state index in [-0.39, 0.29) is 12.5 Å². The van der Waals surface area contributed by atoms with E-state index in [4.69, 9.17) is 14.2 Å². The van der Waals surface area contributed by atoms with Crippen LogP contribution in [0.1, 0.15) is 5.56 Å². The van der Waals surface area contributed by atoms with Crippen LogP contribution in [-0.4, -0.2) is 25.7 Å². The first-order valence-corrected chi connectivity index (χ1v) is 7.05. The molecule has 3 rings (SSSR count). The lowest BCUT2D eigenvalue weighted by Gasteiger charge is -2.25. The zero-order valence-electron chi connectivity index (χ0n) is 12.2. The van der Waals surface area contributed by atoms with Crippen molar-refractivity contribution in [3.63, 3.8) is 0 Å². The summed E-state index contributed by atoms with van der Waals surface area (Å²) in [5.41, 5.74) is 0.992. The summed E-state index contributed by atoms with van der Waals surface area (Å²) in [6.45, 7) is 0.649. The highest BCUT2D eigenvalue weighted by Crippen LogP contribution is 2.30. The third-order valence-electron chi connectivity index (χ3n) is 3.43. The predicted molar refractivity (Wildman–Crippen MR) is 81.2 cm³/mol. The van der Waals surface area contributed by atoms with Gasteiger partial charge in [-0.25, -0.2) is 0 Å². The third kappa shape index (κ3) is 3.14. The van der Waals surface area contributed by atoms with E-state index in [1.54, 1.807) is 13.2 Å². The predicted octanol–water partition coefficient (Wildman–Crippen LogP) is 2.15. The molecule has 1 amide bonds. The van der Waals surface area contributed by atoms with Crippen LogP contribution in [0.5, 0.6) is 17.2 Å². The Bertz CT molecular complexity index is 654. The number of amides is 1. The summed E-state index contributed by atoms with van der Waals surface area (Å²) in [4.78, 5) is 12.2. The lowest BCUT2D eigenvalue weighted by molar-refractivity contribution is -0.130. The zero-order chi connectivity index (χ0) is 15.4. The van der Waals surface area contributed by atoms with Crippen molar-refractivity contribution in [2.24, 2.45) is 0 Å². The second-order valence-corrected chi connectivity index (χ2v) is 4.93. The minimum Gasteiger partial charge on any atom is -0.497 e. The Morgan fingerprint density at radius 1 is 1.18 bits per heavy atom.